The number of aromatic hydroxyl groups is 1. The number of nitrogens with one attached hydrogen (secondary N) is 1. The molecule has 0 spiro atoms. The van der Waals surface area contributed by atoms with Crippen LogP contribution in [0.25, 0.3) is 0 Å². The highest BCUT2D eigenvalue weighted by molar-refractivity contribution is 6.01. The first-order chi connectivity index (χ1) is 13.6. The molecule has 0 saturated heterocycles. The van der Waals surface area contributed by atoms with Gasteiger partial charge in [0.05, 0.1) is 21.3 Å². The summed E-state index contributed by atoms with van der Waals surface area (Å²) in [6.07, 6.45) is 2.17. The van der Waals surface area contributed by atoms with Crippen LogP contribution in [0, 0.1) is 0 Å². The highest BCUT2D eigenvalue weighted by Gasteiger charge is 2.37. The van der Waals surface area contributed by atoms with Gasteiger partial charge in [-0.25, -0.2) is 0 Å². The number of carbonyl (C=O) groups excluding carboxylic acids is 1. The number of rotatable bonds is 4. The first-order valence-electron chi connectivity index (χ1n) is 9.23. The SMILES string of the molecule is COc1cc2c(c(OC)c1)[C@@H](c1ccc(O)c(OC)c1)C1=C(CCCC1=O)N2. The normalized spacial score (nSPS) is 18.1. The molecule has 2 N–H and O–H groups in total. The number of anilines is 1. The van der Waals surface area contributed by atoms with Crippen LogP contribution in [0.15, 0.2) is 41.6 Å². The summed E-state index contributed by atoms with van der Waals surface area (Å²) in [6.45, 7) is 0. The van der Waals surface area contributed by atoms with Crippen LogP contribution in [0.1, 0.15) is 36.3 Å². The molecule has 1 aliphatic heterocycles. The van der Waals surface area contributed by atoms with E-state index in [1.807, 2.05) is 18.2 Å². The average molecular weight is 381 g/mol. The Balaban J connectivity index is 1.99. The minimum atomic E-state index is -0.311. The summed E-state index contributed by atoms with van der Waals surface area (Å²) < 4.78 is 16.4. The van der Waals surface area contributed by atoms with Crippen LogP contribution in [0.4, 0.5) is 5.69 Å². The standard InChI is InChI=1S/C22H23NO5/c1-26-13-10-15-22(19(11-13)28-3)20(12-7-8-16(24)18(9-12)27-2)21-14(23-15)5-4-6-17(21)25/h7-11,20,23-24H,4-6H2,1-3H3/t20-/m0/s1. The van der Waals surface area contributed by atoms with E-state index in [2.05, 4.69) is 5.32 Å². The lowest BCUT2D eigenvalue weighted by molar-refractivity contribution is -0.116. The van der Waals surface area contributed by atoms with Crippen LogP contribution < -0.4 is 19.5 Å². The van der Waals surface area contributed by atoms with Gasteiger partial charge in [-0.05, 0) is 30.5 Å². The number of Topliss-reactive ketones (excluding diaryl/α,β-unsaturated/α-hetero) is 1. The van der Waals surface area contributed by atoms with Crippen LogP contribution in [0.3, 0.4) is 0 Å². The minimum Gasteiger partial charge on any atom is -0.504 e. The second-order valence-electron chi connectivity index (χ2n) is 6.95. The van der Waals surface area contributed by atoms with Gasteiger partial charge in [-0.3, -0.25) is 4.79 Å². The summed E-state index contributed by atoms with van der Waals surface area (Å²) in [5.74, 6) is 1.57. The molecule has 2 aliphatic rings. The number of phenols is 1. The van der Waals surface area contributed by atoms with E-state index in [-0.39, 0.29) is 17.5 Å². The number of fused-ring (bicyclic) bond motifs is 1. The van der Waals surface area contributed by atoms with Gasteiger partial charge in [0, 0.05) is 47.0 Å². The van der Waals surface area contributed by atoms with E-state index in [0.29, 0.717) is 23.7 Å². The zero-order valence-corrected chi connectivity index (χ0v) is 16.2. The molecule has 0 unspecified atom stereocenters. The molecule has 0 radical (unpaired) electrons. The number of benzene rings is 2. The fraction of sp³-hybridized carbons (Fsp3) is 0.318. The Kier molecular flexibility index (Phi) is 4.63. The molecule has 0 amide bonds. The largest absolute Gasteiger partial charge is 0.504 e. The van der Waals surface area contributed by atoms with E-state index in [9.17, 15) is 9.90 Å². The van der Waals surface area contributed by atoms with E-state index < -0.39 is 0 Å². The number of methoxy groups -OCH3 is 3. The fourth-order valence-electron chi connectivity index (χ4n) is 4.13. The van der Waals surface area contributed by atoms with Crippen LogP contribution in [0.5, 0.6) is 23.0 Å². The lowest BCUT2D eigenvalue weighted by atomic mass is 9.75. The number of phenolic OH excluding ortho intramolecular Hbond substituents is 1. The molecule has 1 aliphatic carbocycles. The minimum absolute atomic E-state index is 0.0614. The van der Waals surface area contributed by atoms with Crippen molar-refractivity contribution in [2.45, 2.75) is 25.2 Å². The highest BCUT2D eigenvalue weighted by atomic mass is 16.5. The molecule has 2 aromatic rings. The van der Waals surface area contributed by atoms with Crippen molar-refractivity contribution in [3.63, 3.8) is 0 Å². The summed E-state index contributed by atoms with van der Waals surface area (Å²) in [7, 11) is 4.73. The van der Waals surface area contributed by atoms with E-state index >= 15 is 0 Å². The van der Waals surface area contributed by atoms with Gasteiger partial charge in [-0.1, -0.05) is 6.07 Å². The number of ether oxygens (including phenoxy) is 3. The Labute approximate surface area is 163 Å². The van der Waals surface area contributed by atoms with Gasteiger partial charge in [0.1, 0.15) is 11.5 Å². The Morgan fingerprint density at radius 3 is 2.50 bits per heavy atom. The maximum atomic E-state index is 12.9. The maximum Gasteiger partial charge on any atom is 0.161 e. The van der Waals surface area contributed by atoms with Crippen molar-refractivity contribution in [1.82, 2.24) is 0 Å². The van der Waals surface area contributed by atoms with Crippen LogP contribution in [0.2, 0.25) is 0 Å². The molecule has 0 aromatic heterocycles. The first kappa shape index (κ1) is 18.2. The Bertz CT molecular complexity index is 979. The maximum absolute atomic E-state index is 12.9. The molecule has 1 atom stereocenters. The Morgan fingerprint density at radius 1 is 1.00 bits per heavy atom. The molecular formula is C22H23NO5. The van der Waals surface area contributed by atoms with Crippen molar-refractivity contribution in [2.24, 2.45) is 0 Å². The summed E-state index contributed by atoms with van der Waals surface area (Å²) in [5.41, 5.74) is 4.31. The third kappa shape index (κ3) is 2.85. The lowest BCUT2D eigenvalue weighted by Gasteiger charge is -2.35. The van der Waals surface area contributed by atoms with Crippen molar-refractivity contribution in [3.05, 3.63) is 52.7 Å². The second-order valence-corrected chi connectivity index (χ2v) is 6.95. The zero-order valence-electron chi connectivity index (χ0n) is 16.2. The van der Waals surface area contributed by atoms with Crippen molar-refractivity contribution in [1.29, 1.82) is 0 Å². The molecular weight excluding hydrogens is 358 g/mol. The van der Waals surface area contributed by atoms with Gasteiger partial charge in [-0.15, -0.1) is 0 Å². The lowest BCUT2D eigenvalue weighted by Crippen LogP contribution is -2.27. The third-order valence-corrected chi connectivity index (χ3v) is 5.43. The first-order valence-corrected chi connectivity index (χ1v) is 9.23. The predicted molar refractivity (Wildman–Crippen MR) is 106 cm³/mol. The van der Waals surface area contributed by atoms with Crippen molar-refractivity contribution in [2.75, 3.05) is 26.6 Å². The fourth-order valence-corrected chi connectivity index (χ4v) is 4.13. The van der Waals surface area contributed by atoms with E-state index in [1.165, 1.54) is 7.11 Å². The smallest absolute Gasteiger partial charge is 0.161 e. The Hall–Kier alpha value is -3.15. The van der Waals surface area contributed by atoms with Crippen LogP contribution in [-0.4, -0.2) is 32.2 Å². The van der Waals surface area contributed by atoms with Gasteiger partial charge >= 0.3 is 0 Å². The van der Waals surface area contributed by atoms with Gasteiger partial charge in [-0.2, -0.15) is 0 Å². The predicted octanol–water partition coefficient (Wildman–Crippen LogP) is 3.98. The molecule has 4 rings (SSSR count). The zero-order chi connectivity index (χ0) is 19.8. The molecule has 6 nitrogen and oxygen atoms in total. The number of hydrogen-bond donors (Lipinski definition) is 2. The number of hydrogen-bond acceptors (Lipinski definition) is 6. The third-order valence-electron chi connectivity index (χ3n) is 5.43. The van der Waals surface area contributed by atoms with Crippen molar-refractivity contribution in [3.8, 4) is 23.0 Å². The number of ketones is 1. The summed E-state index contributed by atoms with van der Waals surface area (Å²) >= 11 is 0. The number of carbonyl (C=O) groups is 1. The summed E-state index contributed by atoms with van der Waals surface area (Å²) in [5, 5.41) is 13.5. The monoisotopic (exact) mass is 381 g/mol. The molecule has 0 bridgehead atoms. The van der Waals surface area contributed by atoms with Crippen molar-refractivity contribution >= 4 is 11.5 Å². The molecule has 0 saturated carbocycles. The molecule has 6 heteroatoms. The number of allylic oxidation sites excluding steroid dienone is 2. The van der Waals surface area contributed by atoms with E-state index in [0.717, 1.165) is 40.9 Å². The van der Waals surface area contributed by atoms with E-state index in [4.69, 9.17) is 14.2 Å². The topological polar surface area (TPSA) is 77.0 Å². The second kappa shape index (κ2) is 7.11. The van der Waals surface area contributed by atoms with Gasteiger partial charge in [0.25, 0.3) is 0 Å². The highest BCUT2D eigenvalue weighted by Crippen LogP contribution is 2.51. The van der Waals surface area contributed by atoms with E-state index in [1.54, 1.807) is 26.4 Å². The molecule has 28 heavy (non-hydrogen) atoms. The molecule has 146 valence electrons. The van der Waals surface area contributed by atoms with Gasteiger partial charge < -0.3 is 24.6 Å². The van der Waals surface area contributed by atoms with Crippen LogP contribution in [-0.2, 0) is 4.79 Å². The quantitative estimate of drug-likeness (QED) is 0.834. The molecule has 1 heterocycles. The van der Waals surface area contributed by atoms with Crippen molar-refractivity contribution < 1.29 is 24.1 Å². The van der Waals surface area contributed by atoms with Gasteiger partial charge in [0.15, 0.2) is 17.3 Å². The Morgan fingerprint density at radius 2 is 1.79 bits per heavy atom. The average Bonchev–Trinajstić information content (AvgIpc) is 2.72. The summed E-state index contributed by atoms with van der Waals surface area (Å²) in [4.78, 5) is 12.9. The summed E-state index contributed by atoms with van der Waals surface area (Å²) in [6, 6.07) is 8.95. The molecule has 0 fully saturated rings. The molecule has 2 aromatic carbocycles. The van der Waals surface area contributed by atoms with Crippen LogP contribution >= 0.6 is 0 Å². The van der Waals surface area contributed by atoms with Gasteiger partial charge in [0.2, 0.25) is 0 Å².